The summed E-state index contributed by atoms with van der Waals surface area (Å²) in [6.45, 7) is 0.338. The topological polar surface area (TPSA) is 117 Å². The number of ether oxygens (including phenoxy) is 1. The van der Waals surface area contributed by atoms with Crippen LogP contribution in [0.4, 0.5) is 9.80 Å². The maximum Gasteiger partial charge on any atom is 0.407 e. The van der Waals surface area contributed by atoms with Crippen molar-refractivity contribution in [1.82, 2.24) is 15.3 Å². The van der Waals surface area contributed by atoms with Crippen molar-refractivity contribution in [3.63, 3.8) is 0 Å². The number of nitrogens with zero attached hydrogens (tertiary/aromatic N) is 3. The molecule has 0 fully saturated rings. The first-order valence-corrected chi connectivity index (χ1v) is 11.2. The predicted molar refractivity (Wildman–Crippen MR) is 124 cm³/mol. The number of carbonyl (C=O) groups excluding carboxylic acids is 2. The minimum atomic E-state index is -0.488. The van der Waals surface area contributed by atoms with Crippen LogP contribution < -0.4 is 10.6 Å². The summed E-state index contributed by atoms with van der Waals surface area (Å²) >= 11 is 1.36. The molecule has 9 heteroatoms. The number of carbonyl (C=O) groups is 2. The fourth-order valence-electron chi connectivity index (χ4n) is 3.53. The van der Waals surface area contributed by atoms with Crippen LogP contribution in [0.15, 0.2) is 55.1 Å². The van der Waals surface area contributed by atoms with Gasteiger partial charge in [0.05, 0.1) is 5.56 Å². The number of pyridine rings is 2. The second-order valence-electron chi connectivity index (χ2n) is 7.41. The second-order valence-corrected chi connectivity index (χ2v) is 8.52. The normalized spacial score (nSPS) is 14.8. The van der Waals surface area contributed by atoms with Crippen LogP contribution in [0.3, 0.4) is 0 Å². The van der Waals surface area contributed by atoms with E-state index >= 15 is 0 Å². The van der Waals surface area contributed by atoms with Crippen LogP contribution in [-0.2, 0) is 28.9 Å². The van der Waals surface area contributed by atoms with Crippen molar-refractivity contribution in [2.75, 3.05) is 5.32 Å². The summed E-state index contributed by atoms with van der Waals surface area (Å²) in [5.41, 5.74) is 3.10. The molecule has 1 unspecified atom stereocenters. The van der Waals surface area contributed by atoms with Crippen molar-refractivity contribution in [1.29, 1.82) is 5.26 Å². The summed E-state index contributed by atoms with van der Waals surface area (Å²) in [4.78, 5) is 33.5. The molecule has 2 amide bonds. The molecule has 3 aromatic heterocycles. The Kier molecular flexibility index (Phi) is 7.07. The number of rotatable bonds is 6. The van der Waals surface area contributed by atoms with Crippen LogP contribution in [0.25, 0.3) is 6.08 Å². The molecule has 0 saturated carbocycles. The fourth-order valence-corrected chi connectivity index (χ4v) is 4.80. The summed E-state index contributed by atoms with van der Waals surface area (Å²) in [5, 5.41) is 15.7. The molecular formula is C24H21N5O3S. The van der Waals surface area contributed by atoms with Gasteiger partial charge in [0.2, 0.25) is 5.91 Å². The van der Waals surface area contributed by atoms with E-state index in [0.717, 1.165) is 21.6 Å². The highest BCUT2D eigenvalue weighted by Gasteiger charge is 2.28. The van der Waals surface area contributed by atoms with Crippen LogP contribution >= 0.6 is 11.3 Å². The summed E-state index contributed by atoms with van der Waals surface area (Å²) < 4.78 is 5.57. The van der Waals surface area contributed by atoms with Gasteiger partial charge in [0.15, 0.2) is 0 Å². The molecule has 1 aliphatic carbocycles. The summed E-state index contributed by atoms with van der Waals surface area (Å²) in [6, 6.07) is 9.52. The monoisotopic (exact) mass is 459 g/mol. The zero-order valence-corrected chi connectivity index (χ0v) is 18.5. The van der Waals surface area contributed by atoms with E-state index < -0.39 is 6.09 Å². The molecule has 166 valence electrons. The molecule has 33 heavy (non-hydrogen) atoms. The minimum Gasteiger partial charge on any atom is -0.446 e. The van der Waals surface area contributed by atoms with Gasteiger partial charge >= 0.3 is 6.09 Å². The smallest absolute Gasteiger partial charge is 0.407 e. The quantitative estimate of drug-likeness (QED) is 0.541. The van der Waals surface area contributed by atoms with Gasteiger partial charge in [0.1, 0.15) is 17.2 Å². The third-order valence-corrected chi connectivity index (χ3v) is 6.28. The third-order valence-electron chi connectivity index (χ3n) is 5.11. The van der Waals surface area contributed by atoms with E-state index in [1.165, 1.54) is 17.4 Å². The Bertz CT molecular complexity index is 1200. The number of aromatic nitrogens is 2. The highest BCUT2D eigenvalue weighted by molar-refractivity contribution is 7.16. The lowest BCUT2D eigenvalue weighted by Gasteiger charge is -2.22. The lowest BCUT2D eigenvalue weighted by Crippen LogP contribution is -2.31. The molecule has 3 aromatic rings. The Balaban J connectivity index is 1.36. The zero-order valence-electron chi connectivity index (χ0n) is 17.7. The van der Waals surface area contributed by atoms with E-state index in [1.807, 2.05) is 12.1 Å². The van der Waals surface area contributed by atoms with Crippen LogP contribution in [0.1, 0.15) is 33.6 Å². The molecule has 0 saturated heterocycles. The molecule has 2 N–H and O–H groups in total. The van der Waals surface area contributed by atoms with Gasteiger partial charge in [-0.05, 0) is 47.7 Å². The molecule has 3 heterocycles. The van der Waals surface area contributed by atoms with Gasteiger partial charge in [-0.3, -0.25) is 14.8 Å². The Morgan fingerprint density at radius 2 is 2.06 bits per heavy atom. The lowest BCUT2D eigenvalue weighted by atomic mass is 9.94. The zero-order chi connectivity index (χ0) is 23.0. The number of fused-ring (bicyclic) bond motifs is 1. The molecule has 4 rings (SSSR count). The number of hydrogen-bond acceptors (Lipinski definition) is 7. The Labute approximate surface area is 195 Å². The number of nitriles is 1. The van der Waals surface area contributed by atoms with Crippen molar-refractivity contribution in [3.8, 4) is 6.07 Å². The van der Waals surface area contributed by atoms with E-state index in [4.69, 9.17) is 4.74 Å². The van der Waals surface area contributed by atoms with E-state index in [-0.39, 0.29) is 12.0 Å². The van der Waals surface area contributed by atoms with Gasteiger partial charge in [-0.15, -0.1) is 11.3 Å². The highest BCUT2D eigenvalue weighted by atomic mass is 32.1. The van der Waals surface area contributed by atoms with Gasteiger partial charge in [0.25, 0.3) is 0 Å². The first kappa shape index (κ1) is 22.2. The van der Waals surface area contributed by atoms with Crippen molar-refractivity contribution < 1.29 is 14.3 Å². The van der Waals surface area contributed by atoms with E-state index in [1.54, 1.807) is 43.0 Å². The van der Waals surface area contributed by atoms with E-state index in [0.29, 0.717) is 36.4 Å². The number of nitrogens with one attached hydrogen (secondary N) is 2. The summed E-state index contributed by atoms with van der Waals surface area (Å²) in [7, 11) is 0. The average molecular weight is 460 g/mol. The van der Waals surface area contributed by atoms with Gasteiger partial charge in [-0.25, -0.2) is 4.79 Å². The highest BCUT2D eigenvalue weighted by Crippen LogP contribution is 2.38. The number of amides is 2. The van der Waals surface area contributed by atoms with Gasteiger partial charge in [0, 0.05) is 48.7 Å². The van der Waals surface area contributed by atoms with E-state index in [2.05, 4.69) is 26.7 Å². The number of alkyl carbamates (subject to hydrolysis) is 1. The van der Waals surface area contributed by atoms with Crippen molar-refractivity contribution in [2.45, 2.75) is 31.9 Å². The van der Waals surface area contributed by atoms with E-state index in [9.17, 15) is 14.9 Å². The van der Waals surface area contributed by atoms with Gasteiger partial charge in [-0.2, -0.15) is 5.26 Å². The second kappa shape index (κ2) is 10.5. The number of hydrogen-bond donors (Lipinski definition) is 2. The maximum absolute atomic E-state index is 12.4. The van der Waals surface area contributed by atoms with Crippen molar-refractivity contribution in [2.24, 2.45) is 0 Å². The molecule has 0 bridgehead atoms. The third kappa shape index (κ3) is 5.81. The molecule has 0 spiro atoms. The van der Waals surface area contributed by atoms with Crippen molar-refractivity contribution >= 4 is 34.4 Å². The Hall–Kier alpha value is -4.03. The molecular weight excluding hydrogens is 438 g/mol. The lowest BCUT2D eigenvalue weighted by molar-refractivity contribution is -0.111. The maximum atomic E-state index is 12.4. The fraction of sp³-hybridized carbons (Fsp3) is 0.208. The first-order chi connectivity index (χ1) is 16.1. The molecule has 8 nitrogen and oxygen atoms in total. The standard InChI is InChI=1S/C24H21N5O3S/c25-12-20-19-7-6-18(32-24(31)28-15-17-4-2-10-27-14-17)11-21(19)33-23(20)29-22(30)8-5-16-3-1-9-26-13-16/h1-5,8-10,13-14,18H,6-7,11,15H2,(H,28,31)(H,29,30)/b8-5+. The van der Waals surface area contributed by atoms with Crippen LogP contribution in [0, 0.1) is 11.3 Å². The van der Waals surface area contributed by atoms with Gasteiger partial charge < -0.3 is 15.4 Å². The molecule has 0 aromatic carbocycles. The average Bonchev–Trinajstić information content (AvgIpc) is 3.18. The molecule has 0 aliphatic heterocycles. The van der Waals surface area contributed by atoms with Crippen molar-refractivity contribution in [3.05, 3.63) is 82.3 Å². The van der Waals surface area contributed by atoms with Crippen LogP contribution in [0.2, 0.25) is 0 Å². The molecule has 1 atom stereocenters. The largest absolute Gasteiger partial charge is 0.446 e. The SMILES string of the molecule is N#Cc1c(NC(=O)/C=C/c2cccnc2)sc2c1CCC(OC(=O)NCc1cccnc1)C2. The van der Waals surface area contributed by atoms with Gasteiger partial charge in [-0.1, -0.05) is 12.1 Å². The molecule has 0 radical (unpaired) electrons. The first-order valence-electron chi connectivity index (χ1n) is 10.4. The summed E-state index contributed by atoms with van der Waals surface area (Å²) in [5.74, 6) is -0.323. The number of thiophene rings is 1. The summed E-state index contributed by atoms with van der Waals surface area (Å²) in [6.07, 6.45) is 10.7. The molecule has 1 aliphatic rings. The number of anilines is 1. The van der Waals surface area contributed by atoms with Crippen LogP contribution in [0.5, 0.6) is 0 Å². The predicted octanol–water partition coefficient (Wildman–Crippen LogP) is 3.85. The Morgan fingerprint density at radius 1 is 1.24 bits per heavy atom. The van der Waals surface area contributed by atoms with Crippen LogP contribution in [-0.4, -0.2) is 28.1 Å². The Morgan fingerprint density at radius 3 is 2.79 bits per heavy atom. The minimum absolute atomic E-state index is 0.286.